The van der Waals surface area contributed by atoms with Crippen LogP contribution in [0.2, 0.25) is 0 Å². The number of benzene rings is 1. The van der Waals surface area contributed by atoms with Gasteiger partial charge >= 0.3 is 0 Å². The molecule has 0 atom stereocenters. The number of ether oxygens (including phenoxy) is 2. The van der Waals surface area contributed by atoms with Gasteiger partial charge in [-0.3, -0.25) is 4.79 Å². The Bertz CT molecular complexity index is 653. The molecule has 0 radical (unpaired) electrons. The minimum atomic E-state index is -0.328. The summed E-state index contributed by atoms with van der Waals surface area (Å²) in [5.74, 6) is 0.793. The highest BCUT2D eigenvalue weighted by Crippen LogP contribution is 2.38. The van der Waals surface area contributed by atoms with E-state index in [1.54, 1.807) is 18.2 Å². The van der Waals surface area contributed by atoms with Gasteiger partial charge in [0.2, 0.25) is 6.79 Å². The van der Waals surface area contributed by atoms with Gasteiger partial charge in [0.15, 0.2) is 16.2 Å². The van der Waals surface area contributed by atoms with Crippen molar-refractivity contribution in [1.29, 1.82) is 0 Å². The van der Waals surface area contributed by atoms with Crippen molar-refractivity contribution in [2.45, 2.75) is 0 Å². The number of halogens is 1. The molecule has 0 saturated carbocycles. The summed E-state index contributed by atoms with van der Waals surface area (Å²) in [6, 6.07) is 4.80. The minimum absolute atomic E-state index is 0.152. The molecule has 0 saturated heterocycles. The molecule has 0 aliphatic carbocycles. The van der Waals surface area contributed by atoms with Crippen molar-refractivity contribution in [2.24, 2.45) is 0 Å². The van der Waals surface area contributed by atoms with Gasteiger partial charge in [0.1, 0.15) is 0 Å². The number of carbonyl (C=O) groups excluding carboxylic acids is 1. The average molecular weight is 325 g/mol. The van der Waals surface area contributed by atoms with Crippen LogP contribution in [-0.2, 0) is 0 Å². The standard InChI is InChI=1S/C12H9BrN2O4/c13-11-6(1-2-17-11)12(16)15-8-4-10-9(3-7(8)14)18-5-19-10/h1-4H,5,14H2,(H,15,16). The second-order valence-corrected chi connectivity index (χ2v) is 4.58. The maximum atomic E-state index is 12.0. The van der Waals surface area contributed by atoms with Crippen molar-refractivity contribution < 1.29 is 18.7 Å². The fraction of sp³-hybridized carbons (Fsp3) is 0.0833. The van der Waals surface area contributed by atoms with Crippen molar-refractivity contribution >= 4 is 33.2 Å². The summed E-state index contributed by atoms with van der Waals surface area (Å²) in [7, 11) is 0. The maximum Gasteiger partial charge on any atom is 0.260 e. The zero-order chi connectivity index (χ0) is 13.4. The largest absolute Gasteiger partial charge is 0.457 e. The number of rotatable bonds is 2. The molecule has 0 unspecified atom stereocenters. The lowest BCUT2D eigenvalue weighted by atomic mass is 10.2. The molecule has 7 heteroatoms. The normalized spacial score (nSPS) is 12.5. The van der Waals surface area contributed by atoms with E-state index in [1.807, 2.05) is 0 Å². The van der Waals surface area contributed by atoms with Crippen LogP contribution in [0.1, 0.15) is 10.4 Å². The lowest BCUT2D eigenvalue weighted by molar-refractivity contribution is 0.102. The van der Waals surface area contributed by atoms with Crippen LogP contribution < -0.4 is 20.5 Å². The van der Waals surface area contributed by atoms with Crippen molar-refractivity contribution in [2.75, 3.05) is 17.8 Å². The van der Waals surface area contributed by atoms with E-state index < -0.39 is 0 Å². The second kappa shape index (κ2) is 4.51. The Morgan fingerprint density at radius 3 is 2.74 bits per heavy atom. The Hall–Kier alpha value is -2.15. The van der Waals surface area contributed by atoms with Crippen LogP contribution in [0.15, 0.2) is 33.5 Å². The topological polar surface area (TPSA) is 86.7 Å². The molecule has 1 aromatic heterocycles. The van der Waals surface area contributed by atoms with Crippen LogP contribution in [0.3, 0.4) is 0 Å². The molecule has 1 aliphatic rings. The lowest BCUT2D eigenvalue weighted by Gasteiger charge is -2.08. The van der Waals surface area contributed by atoms with E-state index in [0.717, 1.165) is 0 Å². The van der Waals surface area contributed by atoms with E-state index in [4.69, 9.17) is 19.6 Å². The smallest absolute Gasteiger partial charge is 0.260 e. The molecule has 3 rings (SSSR count). The summed E-state index contributed by atoms with van der Waals surface area (Å²) in [4.78, 5) is 12.0. The number of hydrogen-bond acceptors (Lipinski definition) is 5. The second-order valence-electron chi connectivity index (χ2n) is 3.85. The first kappa shape index (κ1) is 11.9. The lowest BCUT2D eigenvalue weighted by Crippen LogP contribution is -2.12. The third-order valence-corrected chi connectivity index (χ3v) is 3.27. The van der Waals surface area contributed by atoms with E-state index in [2.05, 4.69) is 21.2 Å². The molecule has 6 nitrogen and oxygen atoms in total. The molecule has 98 valence electrons. The van der Waals surface area contributed by atoms with E-state index in [0.29, 0.717) is 33.1 Å². The van der Waals surface area contributed by atoms with Crippen molar-refractivity contribution in [3.63, 3.8) is 0 Å². The molecule has 1 aliphatic heterocycles. The number of nitrogens with one attached hydrogen (secondary N) is 1. The highest BCUT2D eigenvalue weighted by Gasteiger charge is 2.19. The first-order valence-electron chi connectivity index (χ1n) is 5.38. The maximum absolute atomic E-state index is 12.0. The van der Waals surface area contributed by atoms with Gasteiger partial charge in [-0.2, -0.15) is 0 Å². The van der Waals surface area contributed by atoms with Crippen molar-refractivity contribution in [3.05, 3.63) is 34.7 Å². The van der Waals surface area contributed by atoms with E-state index >= 15 is 0 Å². The van der Waals surface area contributed by atoms with Crippen molar-refractivity contribution in [1.82, 2.24) is 0 Å². The zero-order valence-corrected chi connectivity index (χ0v) is 11.2. The predicted molar refractivity (Wildman–Crippen MR) is 71.3 cm³/mol. The van der Waals surface area contributed by atoms with Gasteiger partial charge in [-0.05, 0) is 22.0 Å². The van der Waals surface area contributed by atoms with Gasteiger partial charge in [0.05, 0.1) is 23.2 Å². The molecular formula is C12H9BrN2O4. The quantitative estimate of drug-likeness (QED) is 0.829. The molecule has 0 spiro atoms. The first-order valence-corrected chi connectivity index (χ1v) is 6.18. The Morgan fingerprint density at radius 1 is 1.32 bits per heavy atom. The van der Waals surface area contributed by atoms with E-state index in [1.165, 1.54) is 6.26 Å². The minimum Gasteiger partial charge on any atom is -0.457 e. The van der Waals surface area contributed by atoms with Gasteiger partial charge < -0.3 is 24.9 Å². The molecule has 3 N–H and O–H groups in total. The van der Waals surface area contributed by atoms with E-state index in [9.17, 15) is 4.79 Å². The third-order valence-electron chi connectivity index (χ3n) is 2.66. The molecule has 0 bridgehead atoms. The zero-order valence-electron chi connectivity index (χ0n) is 9.60. The van der Waals surface area contributed by atoms with Crippen LogP contribution in [0.4, 0.5) is 11.4 Å². The summed E-state index contributed by atoms with van der Waals surface area (Å²) < 4.78 is 15.8. The van der Waals surface area contributed by atoms with Gasteiger partial charge in [-0.15, -0.1) is 0 Å². The highest BCUT2D eigenvalue weighted by atomic mass is 79.9. The number of nitrogens with two attached hydrogens (primary N) is 1. The number of furan rings is 1. The van der Waals surface area contributed by atoms with Crippen LogP contribution in [0.5, 0.6) is 11.5 Å². The first-order chi connectivity index (χ1) is 9.15. The summed E-state index contributed by atoms with van der Waals surface area (Å²) in [6.07, 6.45) is 1.42. The molecule has 19 heavy (non-hydrogen) atoms. The van der Waals surface area contributed by atoms with Crippen LogP contribution in [0.25, 0.3) is 0 Å². The van der Waals surface area contributed by atoms with Gasteiger partial charge in [0, 0.05) is 12.1 Å². The molecule has 2 aromatic rings. The third kappa shape index (κ3) is 2.12. The van der Waals surface area contributed by atoms with Crippen LogP contribution in [0, 0.1) is 0 Å². The van der Waals surface area contributed by atoms with E-state index in [-0.39, 0.29) is 12.7 Å². The van der Waals surface area contributed by atoms with Crippen molar-refractivity contribution in [3.8, 4) is 11.5 Å². The van der Waals surface area contributed by atoms with Crippen LogP contribution >= 0.6 is 15.9 Å². The van der Waals surface area contributed by atoms with Gasteiger partial charge in [0.25, 0.3) is 5.91 Å². The van der Waals surface area contributed by atoms with Crippen LogP contribution in [-0.4, -0.2) is 12.7 Å². The fourth-order valence-electron chi connectivity index (χ4n) is 1.71. The Balaban J connectivity index is 1.88. The number of hydrogen-bond donors (Lipinski definition) is 2. The Morgan fingerprint density at radius 2 is 2.05 bits per heavy atom. The predicted octanol–water partition coefficient (Wildman–Crippen LogP) is 2.61. The number of carbonyl (C=O) groups is 1. The molecule has 1 amide bonds. The van der Waals surface area contributed by atoms with Gasteiger partial charge in [-0.25, -0.2) is 0 Å². The average Bonchev–Trinajstić information content (AvgIpc) is 2.98. The number of nitrogen functional groups attached to an aromatic ring is 1. The fourth-order valence-corrected chi connectivity index (χ4v) is 2.13. The number of anilines is 2. The SMILES string of the molecule is Nc1cc2c(cc1NC(=O)c1ccoc1Br)OCO2. The summed E-state index contributed by atoms with van der Waals surface area (Å²) in [5.41, 5.74) is 7.09. The molecular weight excluding hydrogens is 316 g/mol. The summed E-state index contributed by atoms with van der Waals surface area (Å²) >= 11 is 3.15. The molecule has 2 heterocycles. The van der Waals surface area contributed by atoms with Gasteiger partial charge in [-0.1, -0.05) is 0 Å². The Labute approximate surface area is 116 Å². The number of fused-ring (bicyclic) bond motifs is 1. The summed E-state index contributed by atoms with van der Waals surface area (Å²) in [6.45, 7) is 0.152. The number of amides is 1. The molecule has 0 fully saturated rings. The Kier molecular flexibility index (Phi) is 2.83. The summed E-state index contributed by atoms with van der Waals surface area (Å²) in [5, 5.41) is 2.69. The molecule has 1 aromatic carbocycles. The highest BCUT2D eigenvalue weighted by molar-refractivity contribution is 9.10. The monoisotopic (exact) mass is 324 g/mol.